The summed E-state index contributed by atoms with van der Waals surface area (Å²) in [5.41, 5.74) is 0.727. The standard InChI is InChI=1S/C25H20F4O3/c1-14(2)22(24(31)32)18-11-17(15-3-7-20(8-4-15)25(27,28)29)12-19(13-18)23(30)16-5-9-21(26)10-6-16/h3-14,22H,1-2H3,(H,31,32). The molecule has 166 valence electrons. The fourth-order valence-corrected chi connectivity index (χ4v) is 3.56. The van der Waals surface area contributed by atoms with Gasteiger partial charge in [-0.25, -0.2) is 4.39 Å². The molecule has 0 aliphatic carbocycles. The first-order valence-electron chi connectivity index (χ1n) is 9.83. The lowest BCUT2D eigenvalue weighted by molar-refractivity contribution is -0.140. The Morgan fingerprint density at radius 1 is 0.812 bits per heavy atom. The Labute approximate surface area is 182 Å². The number of ketones is 1. The van der Waals surface area contributed by atoms with Gasteiger partial charge in [0.25, 0.3) is 0 Å². The summed E-state index contributed by atoms with van der Waals surface area (Å²) in [4.78, 5) is 24.9. The zero-order valence-electron chi connectivity index (χ0n) is 17.3. The highest BCUT2D eigenvalue weighted by Gasteiger charge is 2.30. The van der Waals surface area contributed by atoms with Crippen LogP contribution in [0.2, 0.25) is 0 Å². The van der Waals surface area contributed by atoms with Crippen molar-refractivity contribution < 1.29 is 32.3 Å². The van der Waals surface area contributed by atoms with E-state index in [0.29, 0.717) is 16.7 Å². The van der Waals surface area contributed by atoms with Crippen LogP contribution in [0.4, 0.5) is 17.6 Å². The van der Waals surface area contributed by atoms with E-state index in [0.717, 1.165) is 24.3 Å². The van der Waals surface area contributed by atoms with Crippen LogP contribution < -0.4 is 0 Å². The molecule has 0 heterocycles. The number of carbonyl (C=O) groups is 2. The SMILES string of the molecule is CC(C)C(C(=O)O)c1cc(C(=O)c2ccc(F)cc2)cc(-c2ccc(C(F)(F)F)cc2)c1. The van der Waals surface area contributed by atoms with Crippen LogP contribution in [0.5, 0.6) is 0 Å². The lowest BCUT2D eigenvalue weighted by Gasteiger charge is -2.19. The Morgan fingerprint density at radius 2 is 1.41 bits per heavy atom. The second-order valence-corrected chi connectivity index (χ2v) is 7.81. The Balaban J connectivity index is 2.15. The minimum absolute atomic E-state index is 0.163. The summed E-state index contributed by atoms with van der Waals surface area (Å²) >= 11 is 0. The topological polar surface area (TPSA) is 54.4 Å². The highest BCUT2D eigenvalue weighted by atomic mass is 19.4. The van der Waals surface area contributed by atoms with Crippen molar-refractivity contribution in [3.8, 4) is 11.1 Å². The van der Waals surface area contributed by atoms with Gasteiger partial charge in [-0.1, -0.05) is 32.0 Å². The molecule has 0 bridgehead atoms. The number of hydrogen-bond acceptors (Lipinski definition) is 2. The molecule has 1 N–H and O–H groups in total. The molecule has 1 unspecified atom stereocenters. The van der Waals surface area contributed by atoms with Crippen molar-refractivity contribution >= 4 is 11.8 Å². The fourth-order valence-electron chi connectivity index (χ4n) is 3.56. The number of carboxylic acids is 1. The average molecular weight is 444 g/mol. The maximum Gasteiger partial charge on any atom is 0.416 e. The van der Waals surface area contributed by atoms with Gasteiger partial charge in [0.1, 0.15) is 5.82 Å². The van der Waals surface area contributed by atoms with Crippen LogP contribution in [-0.2, 0) is 11.0 Å². The maximum atomic E-state index is 13.2. The van der Waals surface area contributed by atoms with Crippen LogP contribution in [0.15, 0.2) is 66.7 Å². The van der Waals surface area contributed by atoms with Crippen LogP contribution in [-0.4, -0.2) is 16.9 Å². The highest BCUT2D eigenvalue weighted by Crippen LogP contribution is 2.34. The number of carboxylic acid groups (broad SMARTS) is 1. The normalized spacial score (nSPS) is 12.6. The van der Waals surface area contributed by atoms with Gasteiger partial charge >= 0.3 is 12.1 Å². The van der Waals surface area contributed by atoms with Crippen molar-refractivity contribution in [2.75, 3.05) is 0 Å². The summed E-state index contributed by atoms with van der Waals surface area (Å²) in [6, 6.07) is 13.9. The Morgan fingerprint density at radius 3 is 1.91 bits per heavy atom. The summed E-state index contributed by atoms with van der Waals surface area (Å²) in [5.74, 6) is -3.27. The van der Waals surface area contributed by atoms with Gasteiger partial charge in [0.2, 0.25) is 0 Å². The van der Waals surface area contributed by atoms with Gasteiger partial charge in [-0.15, -0.1) is 0 Å². The third-order valence-corrected chi connectivity index (χ3v) is 5.16. The Hall–Kier alpha value is -3.48. The largest absolute Gasteiger partial charge is 0.481 e. The summed E-state index contributed by atoms with van der Waals surface area (Å²) in [6.45, 7) is 3.45. The van der Waals surface area contributed by atoms with E-state index in [1.807, 2.05) is 0 Å². The van der Waals surface area contributed by atoms with E-state index in [9.17, 15) is 32.3 Å². The van der Waals surface area contributed by atoms with Crippen molar-refractivity contribution in [3.05, 3.63) is 94.8 Å². The second-order valence-electron chi connectivity index (χ2n) is 7.81. The number of benzene rings is 3. The zero-order valence-corrected chi connectivity index (χ0v) is 17.3. The second kappa shape index (κ2) is 8.94. The van der Waals surface area contributed by atoms with E-state index in [1.165, 1.54) is 36.4 Å². The summed E-state index contributed by atoms with van der Waals surface area (Å²) < 4.78 is 52.0. The molecule has 3 aromatic rings. The third kappa shape index (κ3) is 5.04. The molecule has 0 radical (unpaired) electrons. The molecule has 3 nitrogen and oxygen atoms in total. The first kappa shape index (κ1) is 23.2. The minimum Gasteiger partial charge on any atom is -0.481 e. The fraction of sp³-hybridized carbons (Fsp3) is 0.200. The molecule has 0 spiro atoms. The molecule has 0 aliphatic rings. The van der Waals surface area contributed by atoms with Crippen molar-refractivity contribution in [2.24, 2.45) is 5.92 Å². The first-order valence-corrected chi connectivity index (χ1v) is 9.83. The highest BCUT2D eigenvalue weighted by molar-refractivity contribution is 6.09. The van der Waals surface area contributed by atoms with E-state index in [4.69, 9.17) is 0 Å². The predicted octanol–water partition coefficient (Wildman–Crippen LogP) is 6.57. The van der Waals surface area contributed by atoms with Gasteiger partial charge in [-0.05, 0) is 71.1 Å². The zero-order chi connectivity index (χ0) is 23.6. The van der Waals surface area contributed by atoms with Gasteiger partial charge in [0.15, 0.2) is 5.78 Å². The van der Waals surface area contributed by atoms with Gasteiger partial charge in [0.05, 0.1) is 11.5 Å². The van der Waals surface area contributed by atoms with Gasteiger partial charge in [-0.3, -0.25) is 9.59 Å². The third-order valence-electron chi connectivity index (χ3n) is 5.16. The van der Waals surface area contributed by atoms with E-state index in [2.05, 4.69) is 0 Å². The molecule has 3 aromatic carbocycles. The van der Waals surface area contributed by atoms with Crippen molar-refractivity contribution in [1.29, 1.82) is 0 Å². The molecule has 1 atom stereocenters. The van der Waals surface area contributed by atoms with Gasteiger partial charge in [-0.2, -0.15) is 13.2 Å². The molecule has 7 heteroatoms. The molecule has 0 amide bonds. The van der Waals surface area contributed by atoms with Crippen LogP contribution in [0.25, 0.3) is 11.1 Å². The maximum absolute atomic E-state index is 13.2. The van der Waals surface area contributed by atoms with Crippen LogP contribution in [0, 0.1) is 11.7 Å². The van der Waals surface area contributed by atoms with Gasteiger partial charge < -0.3 is 5.11 Å². The number of alkyl halides is 3. The molecule has 3 rings (SSSR count). The van der Waals surface area contributed by atoms with E-state index < -0.39 is 35.2 Å². The quantitative estimate of drug-likeness (QED) is 0.346. The van der Waals surface area contributed by atoms with E-state index in [-0.39, 0.29) is 17.0 Å². The smallest absolute Gasteiger partial charge is 0.416 e. The number of aliphatic carboxylic acids is 1. The number of carbonyl (C=O) groups excluding carboxylic acids is 1. The molecule has 0 aliphatic heterocycles. The summed E-state index contributed by atoms with van der Waals surface area (Å²) in [5, 5.41) is 9.71. The number of halogens is 4. The lowest BCUT2D eigenvalue weighted by atomic mass is 9.84. The van der Waals surface area contributed by atoms with Crippen molar-refractivity contribution in [2.45, 2.75) is 25.9 Å². The van der Waals surface area contributed by atoms with Crippen LogP contribution in [0.1, 0.15) is 46.8 Å². The summed E-state index contributed by atoms with van der Waals surface area (Å²) in [6.07, 6.45) is -4.49. The molecule has 0 saturated heterocycles. The molecule has 0 saturated carbocycles. The van der Waals surface area contributed by atoms with Crippen LogP contribution >= 0.6 is 0 Å². The number of hydrogen-bond donors (Lipinski definition) is 1. The van der Waals surface area contributed by atoms with E-state index in [1.54, 1.807) is 19.9 Å². The van der Waals surface area contributed by atoms with Gasteiger partial charge in [0, 0.05) is 11.1 Å². The average Bonchev–Trinajstić information content (AvgIpc) is 2.72. The molecular formula is C25H20F4O3. The molecule has 0 fully saturated rings. The molecule has 32 heavy (non-hydrogen) atoms. The summed E-state index contributed by atoms with van der Waals surface area (Å²) in [7, 11) is 0. The molecular weight excluding hydrogens is 424 g/mol. The van der Waals surface area contributed by atoms with Crippen LogP contribution in [0.3, 0.4) is 0 Å². The van der Waals surface area contributed by atoms with E-state index >= 15 is 0 Å². The monoisotopic (exact) mass is 444 g/mol. The molecule has 0 aromatic heterocycles. The van der Waals surface area contributed by atoms with Crippen molar-refractivity contribution in [3.63, 3.8) is 0 Å². The lowest BCUT2D eigenvalue weighted by Crippen LogP contribution is -2.18. The minimum atomic E-state index is -4.49. The predicted molar refractivity (Wildman–Crippen MR) is 112 cm³/mol. The van der Waals surface area contributed by atoms with Crippen molar-refractivity contribution in [1.82, 2.24) is 0 Å². The first-order chi connectivity index (χ1) is 15.0. The Kier molecular flexibility index (Phi) is 6.48. The number of rotatable bonds is 6. The Bertz CT molecular complexity index is 1130.